The lowest BCUT2D eigenvalue weighted by Crippen LogP contribution is -2.50. The third-order valence-corrected chi connectivity index (χ3v) is 1.49. The fourth-order valence-corrected chi connectivity index (χ4v) is 0.666. The van der Waals surface area contributed by atoms with Crippen LogP contribution in [-0.2, 0) is 9.47 Å². The third-order valence-electron chi connectivity index (χ3n) is 1.49. The molecule has 0 unspecified atom stereocenters. The van der Waals surface area contributed by atoms with Gasteiger partial charge in [-0.15, -0.1) is 0 Å². The van der Waals surface area contributed by atoms with Crippen LogP contribution < -0.4 is 0 Å². The number of hydrogen-bond donors (Lipinski definition) is 2. The Labute approximate surface area is 89.7 Å². The first kappa shape index (κ1) is 14.6. The van der Waals surface area contributed by atoms with Gasteiger partial charge in [0.05, 0.1) is 26.4 Å². The second-order valence-electron chi connectivity index (χ2n) is 2.68. The highest BCUT2D eigenvalue weighted by Crippen LogP contribution is 2.06. The van der Waals surface area contributed by atoms with Crippen molar-refractivity contribution in [2.75, 3.05) is 33.0 Å². The number of aliphatic hydroxyl groups is 2. The monoisotopic (exact) mass is 240 g/mol. The number of aliphatic hydroxyl groups excluding tert-OH is 1. The lowest BCUT2D eigenvalue weighted by atomic mass is 10.5. The van der Waals surface area contributed by atoms with Crippen molar-refractivity contribution in [1.82, 2.24) is 0 Å². The molecule has 0 bridgehead atoms. The number of nitrogens with zero attached hydrogens (tertiary/aromatic N) is 2. The van der Waals surface area contributed by atoms with Crippen molar-refractivity contribution in [3.05, 3.63) is 20.2 Å². The van der Waals surface area contributed by atoms with Crippen molar-refractivity contribution < 1.29 is 29.5 Å². The molecule has 0 aromatic carbocycles. The Kier molecular flexibility index (Phi) is 6.41. The zero-order valence-electron chi connectivity index (χ0n) is 8.27. The van der Waals surface area contributed by atoms with Crippen LogP contribution in [-0.4, -0.2) is 58.9 Å². The van der Waals surface area contributed by atoms with E-state index in [1.807, 2.05) is 0 Å². The summed E-state index contributed by atoms with van der Waals surface area (Å²) in [5.74, 6) is -3.34. The summed E-state index contributed by atoms with van der Waals surface area (Å²) in [6, 6.07) is 0. The van der Waals surface area contributed by atoms with E-state index in [1.54, 1.807) is 0 Å². The zero-order valence-corrected chi connectivity index (χ0v) is 8.27. The summed E-state index contributed by atoms with van der Waals surface area (Å²) in [5, 5.41) is 37.7. The normalized spacial score (nSPS) is 11.4. The maximum atomic E-state index is 10.2. The van der Waals surface area contributed by atoms with Crippen LogP contribution in [0.15, 0.2) is 0 Å². The second-order valence-corrected chi connectivity index (χ2v) is 2.68. The zero-order chi connectivity index (χ0) is 12.6. The molecule has 0 radical (unpaired) electrons. The molecule has 0 aromatic rings. The topological polar surface area (TPSA) is 145 Å². The average molecular weight is 240 g/mol. The van der Waals surface area contributed by atoms with Crippen LogP contribution in [0.4, 0.5) is 0 Å². The molecule has 0 heterocycles. The smallest absolute Gasteiger partial charge is 0.394 e. The van der Waals surface area contributed by atoms with E-state index in [-0.39, 0.29) is 26.4 Å². The van der Waals surface area contributed by atoms with Crippen LogP contribution in [0.5, 0.6) is 0 Å². The number of rotatable bonds is 9. The quantitative estimate of drug-likeness (QED) is 0.208. The van der Waals surface area contributed by atoms with Gasteiger partial charge in [0.25, 0.3) is 0 Å². The van der Waals surface area contributed by atoms with E-state index in [4.69, 9.17) is 14.9 Å². The summed E-state index contributed by atoms with van der Waals surface area (Å²) in [4.78, 5) is 17.5. The van der Waals surface area contributed by atoms with Gasteiger partial charge in [0.15, 0.2) is 0 Å². The van der Waals surface area contributed by atoms with Gasteiger partial charge in [-0.1, -0.05) is 0 Å². The van der Waals surface area contributed by atoms with Gasteiger partial charge in [0.2, 0.25) is 6.61 Å². The Morgan fingerprint density at radius 1 is 1.06 bits per heavy atom. The van der Waals surface area contributed by atoms with Gasteiger partial charge in [-0.25, -0.2) is 0 Å². The molecule has 2 N–H and O–H groups in total. The predicted molar refractivity (Wildman–Crippen MR) is 47.7 cm³/mol. The summed E-state index contributed by atoms with van der Waals surface area (Å²) < 4.78 is 9.25. The molecule has 10 nitrogen and oxygen atoms in total. The van der Waals surface area contributed by atoms with Crippen LogP contribution in [0.1, 0.15) is 0 Å². The molecular formula is C6H12N2O8. The Hall–Kier alpha value is -1.36. The van der Waals surface area contributed by atoms with Gasteiger partial charge in [-0.05, 0) is 0 Å². The molecule has 0 amide bonds. The van der Waals surface area contributed by atoms with Crippen molar-refractivity contribution >= 4 is 0 Å². The SMILES string of the molecule is O=[N+]([O-])C(O)(COCCOCCO)[N+](=O)[O-]. The highest BCUT2D eigenvalue weighted by Gasteiger charge is 2.55. The molecular weight excluding hydrogens is 228 g/mol. The molecule has 0 fully saturated rings. The van der Waals surface area contributed by atoms with Crippen molar-refractivity contribution in [2.24, 2.45) is 0 Å². The van der Waals surface area contributed by atoms with Gasteiger partial charge in [-0.2, -0.15) is 0 Å². The highest BCUT2D eigenvalue weighted by molar-refractivity contribution is 4.48. The first-order chi connectivity index (χ1) is 7.45. The van der Waals surface area contributed by atoms with Gasteiger partial charge in [0.1, 0.15) is 9.85 Å². The van der Waals surface area contributed by atoms with Crippen LogP contribution in [0.2, 0.25) is 0 Å². The molecule has 0 aromatic heterocycles. The summed E-state index contributed by atoms with van der Waals surface area (Å²) in [5.41, 5.74) is 0. The van der Waals surface area contributed by atoms with Crippen molar-refractivity contribution in [2.45, 2.75) is 5.85 Å². The van der Waals surface area contributed by atoms with E-state index in [1.165, 1.54) is 0 Å². The maximum Gasteiger partial charge on any atom is 0.599 e. The Balaban J connectivity index is 3.88. The Bertz CT molecular complexity index is 231. The van der Waals surface area contributed by atoms with Crippen LogP contribution in [0.25, 0.3) is 0 Å². The third kappa shape index (κ3) is 4.44. The Morgan fingerprint density at radius 2 is 1.56 bits per heavy atom. The van der Waals surface area contributed by atoms with Gasteiger partial charge in [0, 0.05) is 0 Å². The summed E-state index contributed by atoms with van der Waals surface area (Å²) in [6.07, 6.45) is 0. The minimum absolute atomic E-state index is 0.00602. The Morgan fingerprint density at radius 3 is 2.00 bits per heavy atom. The van der Waals surface area contributed by atoms with Gasteiger partial charge < -0.3 is 14.6 Å². The summed E-state index contributed by atoms with van der Waals surface area (Å²) in [7, 11) is 0. The molecule has 0 saturated heterocycles. The van der Waals surface area contributed by atoms with E-state index in [9.17, 15) is 20.2 Å². The van der Waals surface area contributed by atoms with Crippen LogP contribution in [0.3, 0.4) is 0 Å². The summed E-state index contributed by atoms with van der Waals surface area (Å²) in [6.45, 7) is -1.35. The van der Waals surface area contributed by atoms with E-state index >= 15 is 0 Å². The fraction of sp³-hybridized carbons (Fsp3) is 1.00. The van der Waals surface area contributed by atoms with Crippen molar-refractivity contribution in [3.63, 3.8) is 0 Å². The molecule has 0 rings (SSSR count). The molecule has 0 aliphatic carbocycles. The average Bonchev–Trinajstić information content (AvgIpc) is 2.22. The van der Waals surface area contributed by atoms with Crippen molar-refractivity contribution in [3.8, 4) is 0 Å². The molecule has 0 saturated carbocycles. The van der Waals surface area contributed by atoms with Gasteiger partial charge in [-0.3, -0.25) is 25.3 Å². The van der Waals surface area contributed by atoms with E-state index in [2.05, 4.69) is 4.74 Å². The first-order valence-corrected chi connectivity index (χ1v) is 4.23. The first-order valence-electron chi connectivity index (χ1n) is 4.23. The molecule has 0 aliphatic rings. The standard InChI is InChI=1S/C6H12N2O8/c9-1-2-15-3-4-16-5-6(10,7(11)12)8(13)14/h9-10H,1-5H2. The predicted octanol–water partition coefficient (Wildman–Crippen LogP) is -1.79. The molecule has 0 atom stereocenters. The lowest BCUT2D eigenvalue weighted by molar-refractivity contribution is -0.849. The molecule has 94 valence electrons. The van der Waals surface area contributed by atoms with Crippen LogP contribution in [0, 0.1) is 20.2 Å². The minimum atomic E-state index is -3.34. The fourth-order valence-electron chi connectivity index (χ4n) is 0.666. The highest BCUT2D eigenvalue weighted by atomic mass is 16.7. The molecule has 0 spiro atoms. The van der Waals surface area contributed by atoms with Gasteiger partial charge >= 0.3 is 5.85 Å². The largest absolute Gasteiger partial charge is 0.599 e. The summed E-state index contributed by atoms with van der Waals surface area (Å²) >= 11 is 0. The van der Waals surface area contributed by atoms with E-state index < -0.39 is 22.3 Å². The molecule has 10 heteroatoms. The second kappa shape index (κ2) is 7.00. The minimum Gasteiger partial charge on any atom is -0.394 e. The number of nitro groups is 2. The number of hydrogen-bond acceptors (Lipinski definition) is 8. The van der Waals surface area contributed by atoms with Crippen molar-refractivity contribution in [1.29, 1.82) is 0 Å². The molecule has 0 aliphatic heterocycles. The number of ether oxygens (including phenoxy) is 2. The van der Waals surface area contributed by atoms with Crippen LogP contribution >= 0.6 is 0 Å². The lowest BCUT2D eigenvalue weighted by Gasteiger charge is -2.10. The van der Waals surface area contributed by atoms with E-state index in [0.717, 1.165) is 0 Å². The maximum absolute atomic E-state index is 10.2. The van der Waals surface area contributed by atoms with E-state index in [0.29, 0.717) is 0 Å². The molecule has 16 heavy (non-hydrogen) atoms.